The molecule has 4 nitrogen and oxygen atoms in total. The van der Waals surface area contributed by atoms with Crippen molar-refractivity contribution in [1.29, 1.82) is 0 Å². The number of nitrogens with zero attached hydrogens (tertiary/aromatic N) is 2. The number of amides is 1. The molecule has 0 bridgehead atoms. The summed E-state index contributed by atoms with van der Waals surface area (Å²) in [6.45, 7) is 9.82. The van der Waals surface area contributed by atoms with Gasteiger partial charge in [-0.1, -0.05) is 36.4 Å². The molecule has 1 atom stereocenters. The van der Waals surface area contributed by atoms with E-state index in [4.69, 9.17) is 16.0 Å². The second kappa shape index (κ2) is 10.5. The van der Waals surface area contributed by atoms with Gasteiger partial charge in [-0.05, 0) is 56.1 Å². The number of hydrogen-bond donors (Lipinski definition) is 0. The largest absolute Gasteiger partial charge is 0.472 e. The van der Waals surface area contributed by atoms with Gasteiger partial charge in [0.25, 0.3) is 5.91 Å². The smallest absolute Gasteiger partial charge is 0.416 e. The predicted octanol–water partition coefficient (Wildman–Crippen LogP) is 7.00. The van der Waals surface area contributed by atoms with Crippen molar-refractivity contribution in [2.45, 2.75) is 33.4 Å². The van der Waals surface area contributed by atoms with Crippen LogP contribution in [0.25, 0.3) is 5.57 Å². The van der Waals surface area contributed by atoms with Crippen LogP contribution in [0.15, 0.2) is 92.4 Å². The average Bonchev–Trinajstić information content (AvgIpc) is 3.35. The number of furan rings is 1. The molecule has 0 aromatic carbocycles. The zero-order chi connectivity index (χ0) is 25.0. The molecule has 8 heteroatoms. The lowest BCUT2D eigenvalue weighted by Crippen LogP contribution is -2.36. The quantitative estimate of drug-likeness (QED) is 0.329. The van der Waals surface area contributed by atoms with Crippen molar-refractivity contribution in [3.8, 4) is 0 Å². The standard InChI is InChI=1S/C26H26ClF3N2O2/c1-5-9-31-18(4)19-6-10-32(11-7-19)25(33)17(3)24(27)22-13-21(20-8-12-34-15-20)14-23(16(22)2)26(28,29)30/h5-6,8-9,12-15,22H,2,7,10-11H2,1,3-4H3/b9-5-,24-17-,31-18?. The van der Waals surface area contributed by atoms with Crippen LogP contribution in [0.2, 0.25) is 0 Å². The van der Waals surface area contributed by atoms with Gasteiger partial charge in [0.15, 0.2) is 0 Å². The van der Waals surface area contributed by atoms with Gasteiger partial charge in [-0.25, -0.2) is 0 Å². The molecule has 1 aliphatic heterocycles. The van der Waals surface area contributed by atoms with Crippen LogP contribution >= 0.6 is 11.6 Å². The van der Waals surface area contributed by atoms with E-state index < -0.39 is 17.7 Å². The molecule has 0 fully saturated rings. The summed E-state index contributed by atoms with van der Waals surface area (Å²) in [5.41, 5.74) is 1.84. The Bertz CT molecular complexity index is 1150. The minimum absolute atomic E-state index is 0.0199. The SMILES string of the molecule is C=C1C(C(F)(F)F)=CC(c2ccoc2)=CC1/C(Cl)=C(\C)C(=O)N1CC=C(C(C)=N/C=C\C)CC1. The Morgan fingerprint density at radius 2 is 2.09 bits per heavy atom. The van der Waals surface area contributed by atoms with Crippen molar-refractivity contribution < 1.29 is 22.4 Å². The molecule has 2 aliphatic rings. The van der Waals surface area contributed by atoms with Gasteiger partial charge < -0.3 is 9.32 Å². The Labute approximate surface area is 202 Å². The first-order valence-electron chi connectivity index (χ1n) is 10.8. The highest BCUT2D eigenvalue weighted by atomic mass is 35.5. The third-order valence-electron chi connectivity index (χ3n) is 5.86. The molecule has 180 valence electrons. The molecular weight excluding hydrogens is 465 g/mol. The zero-order valence-corrected chi connectivity index (χ0v) is 20.0. The van der Waals surface area contributed by atoms with Gasteiger partial charge in [0.05, 0.1) is 18.1 Å². The van der Waals surface area contributed by atoms with E-state index >= 15 is 0 Å². The highest BCUT2D eigenvalue weighted by Gasteiger charge is 2.40. The van der Waals surface area contributed by atoms with Gasteiger partial charge in [0.1, 0.15) is 0 Å². The van der Waals surface area contributed by atoms with Crippen LogP contribution in [0.3, 0.4) is 0 Å². The maximum atomic E-state index is 13.7. The summed E-state index contributed by atoms with van der Waals surface area (Å²) >= 11 is 6.56. The number of aliphatic imine (C=N–C) groups is 1. The van der Waals surface area contributed by atoms with Crippen LogP contribution in [0.1, 0.15) is 32.8 Å². The fraction of sp³-hybridized carbons (Fsp3) is 0.308. The van der Waals surface area contributed by atoms with Crippen LogP contribution in [0.4, 0.5) is 13.2 Å². The summed E-state index contributed by atoms with van der Waals surface area (Å²) in [6, 6.07) is 1.57. The minimum atomic E-state index is -4.62. The van der Waals surface area contributed by atoms with Crippen LogP contribution in [0.5, 0.6) is 0 Å². The molecule has 1 aromatic rings. The van der Waals surface area contributed by atoms with E-state index in [-0.39, 0.29) is 22.1 Å². The van der Waals surface area contributed by atoms with Gasteiger partial charge >= 0.3 is 6.18 Å². The van der Waals surface area contributed by atoms with Gasteiger partial charge in [0, 0.05) is 47.1 Å². The summed E-state index contributed by atoms with van der Waals surface area (Å²) in [5.74, 6) is -1.30. The predicted molar refractivity (Wildman–Crippen MR) is 129 cm³/mol. The van der Waals surface area contributed by atoms with Gasteiger partial charge in [-0.2, -0.15) is 13.2 Å². The van der Waals surface area contributed by atoms with Crippen molar-refractivity contribution in [3.63, 3.8) is 0 Å². The third-order valence-corrected chi connectivity index (χ3v) is 6.38. The number of alkyl halides is 3. The fourth-order valence-electron chi connectivity index (χ4n) is 3.87. The number of carbonyl (C=O) groups is 1. The summed E-state index contributed by atoms with van der Waals surface area (Å²) in [5, 5.41) is 0.0199. The lowest BCUT2D eigenvalue weighted by molar-refractivity contribution is -0.126. The summed E-state index contributed by atoms with van der Waals surface area (Å²) < 4.78 is 46.2. The molecule has 0 radical (unpaired) electrons. The molecule has 34 heavy (non-hydrogen) atoms. The minimum Gasteiger partial charge on any atom is -0.472 e. The van der Waals surface area contributed by atoms with Crippen molar-refractivity contribution in [2.75, 3.05) is 13.1 Å². The average molecular weight is 491 g/mol. The van der Waals surface area contributed by atoms with Gasteiger partial charge in [0.2, 0.25) is 0 Å². The number of halogens is 4. The van der Waals surface area contributed by atoms with Gasteiger partial charge in [-0.3, -0.25) is 9.79 Å². The number of allylic oxidation sites excluding steroid dienone is 7. The van der Waals surface area contributed by atoms with E-state index in [0.29, 0.717) is 30.6 Å². The molecule has 0 N–H and O–H groups in total. The van der Waals surface area contributed by atoms with E-state index in [9.17, 15) is 18.0 Å². The lowest BCUT2D eigenvalue weighted by atomic mass is 9.83. The van der Waals surface area contributed by atoms with Gasteiger partial charge in [-0.15, -0.1) is 0 Å². The molecule has 0 saturated heterocycles. The second-order valence-electron chi connectivity index (χ2n) is 8.09. The Morgan fingerprint density at radius 3 is 2.65 bits per heavy atom. The second-order valence-corrected chi connectivity index (χ2v) is 8.50. The van der Waals surface area contributed by atoms with Crippen LogP contribution < -0.4 is 0 Å². The molecule has 0 spiro atoms. The molecule has 2 heterocycles. The van der Waals surface area contributed by atoms with Crippen molar-refractivity contribution >= 4 is 28.8 Å². The first kappa shape index (κ1) is 25.6. The zero-order valence-electron chi connectivity index (χ0n) is 19.2. The highest BCUT2D eigenvalue weighted by molar-refractivity contribution is 6.32. The first-order chi connectivity index (χ1) is 16.0. The Hall–Kier alpha value is -3.06. The molecule has 1 aromatic heterocycles. The molecule has 1 aliphatic carbocycles. The van der Waals surface area contributed by atoms with E-state index in [1.54, 1.807) is 23.2 Å². The number of carbonyl (C=O) groups excluding carboxylic acids is 1. The third kappa shape index (κ3) is 5.53. The van der Waals surface area contributed by atoms with Crippen molar-refractivity contribution in [1.82, 2.24) is 4.90 Å². The summed E-state index contributed by atoms with van der Waals surface area (Å²) in [4.78, 5) is 19.1. The fourth-order valence-corrected chi connectivity index (χ4v) is 4.14. The Kier molecular flexibility index (Phi) is 7.87. The molecule has 1 unspecified atom stereocenters. The monoisotopic (exact) mass is 490 g/mol. The molecule has 1 amide bonds. The van der Waals surface area contributed by atoms with E-state index in [0.717, 1.165) is 17.4 Å². The molecular formula is C26H26ClF3N2O2. The summed E-state index contributed by atoms with van der Waals surface area (Å²) in [6.07, 6.45) is 6.85. The lowest BCUT2D eigenvalue weighted by Gasteiger charge is -2.29. The van der Waals surface area contributed by atoms with Crippen molar-refractivity contribution in [3.05, 3.63) is 88.6 Å². The number of hydrogen-bond acceptors (Lipinski definition) is 3. The van der Waals surface area contributed by atoms with Crippen molar-refractivity contribution in [2.24, 2.45) is 10.9 Å². The number of rotatable bonds is 5. The topological polar surface area (TPSA) is 45.8 Å². The Balaban J connectivity index is 1.88. The molecule has 3 rings (SSSR count). The van der Waals surface area contributed by atoms with Crippen LogP contribution in [-0.4, -0.2) is 35.8 Å². The molecule has 0 saturated carbocycles. The van der Waals surface area contributed by atoms with E-state index in [2.05, 4.69) is 11.6 Å². The van der Waals surface area contributed by atoms with E-state index in [1.807, 2.05) is 26.0 Å². The first-order valence-corrected chi connectivity index (χ1v) is 11.1. The Morgan fingerprint density at radius 1 is 1.35 bits per heavy atom. The summed E-state index contributed by atoms with van der Waals surface area (Å²) in [7, 11) is 0. The van der Waals surface area contributed by atoms with E-state index in [1.165, 1.54) is 19.5 Å². The maximum absolute atomic E-state index is 13.7. The van der Waals surface area contributed by atoms with Crippen LogP contribution in [-0.2, 0) is 4.79 Å². The van der Waals surface area contributed by atoms with Crippen LogP contribution in [0, 0.1) is 5.92 Å². The highest BCUT2D eigenvalue weighted by Crippen LogP contribution is 2.44. The normalized spacial score (nSPS) is 20.7. The maximum Gasteiger partial charge on any atom is 0.416 e.